The summed E-state index contributed by atoms with van der Waals surface area (Å²) in [6.07, 6.45) is 10.2. The molecule has 90 valence electrons. The molecular weight excluding hydrogens is 218 g/mol. The molecule has 2 rings (SSSR count). The van der Waals surface area contributed by atoms with Gasteiger partial charge in [-0.1, -0.05) is 0 Å². The highest BCUT2D eigenvalue weighted by Gasteiger charge is 2.22. The highest BCUT2D eigenvalue weighted by Crippen LogP contribution is 2.27. The van der Waals surface area contributed by atoms with Crippen molar-refractivity contribution in [3.63, 3.8) is 0 Å². The number of aromatic nitrogens is 2. The molecule has 0 aliphatic heterocycles. The third-order valence-corrected chi connectivity index (χ3v) is 4.52. The molecule has 0 saturated heterocycles. The lowest BCUT2D eigenvalue weighted by Crippen LogP contribution is -2.30. The van der Waals surface area contributed by atoms with Crippen LogP contribution in [0, 0.1) is 6.92 Å². The molecule has 16 heavy (non-hydrogen) atoms. The summed E-state index contributed by atoms with van der Waals surface area (Å²) in [6.45, 7) is 4.15. The van der Waals surface area contributed by atoms with Crippen molar-refractivity contribution in [2.75, 3.05) is 12.8 Å². The molecule has 1 aromatic heterocycles. The Hall–Kier alpha value is -0.480. The SMILES string of the molecule is CSC1CCC(NCCn2ccnc2C)C1. The van der Waals surface area contributed by atoms with Crippen LogP contribution in [0.4, 0.5) is 0 Å². The van der Waals surface area contributed by atoms with Crippen LogP contribution in [0.1, 0.15) is 25.1 Å². The van der Waals surface area contributed by atoms with Gasteiger partial charge in [-0.3, -0.25) is 0 Å². The molecule has 1 aliphatic rings. The number of rotatable bonds is 5. The smallest absolute Gasteiger partial charge is 0.105 e. The van der Waals surface area contributed by atoms with E-state index in [1.165, 1.54) is 19.3 Å². The zero-order valence-corrected chi connectivity index (χ0v) is 11.0. The third-order valence-electron chi connectivity index (χ3n) is 3.43. The van der Waals surface area contributed by atoms with Gasteiger partial charge in [0.15, 0.2) is 0 Å². The molecule has 0 amide bonds. The van der Waals surface area contributed by atoms with Crippen molar-refractivity contribution in [3.05, 3.63) is 18.2 Å². The maximum absolute atomic E-state index is 4.22. The van der Waals surface area contributed by atoms with Gasteiger partial charge < -0.3 is 9.88 Å². The van der Waals surface area contributed by atoms with E-state index in [2.05, 4.69) is 34.2 Å². The van der Waals surface area contributed by atoms with Gasteiger partial charge in [0.25, 0.3) is 0 Å². The highest BCUT2D eigenvalue weighted by molar-refractivity contribution is 7.99. The predicted octanol–water partition coefficient (Wildman–Crippen LogP) is 2.07. The largest absolute Gasteiger partial charge is 0.334 e. The number of nitrogens with zero attached hydrogens (tertiary/aromatic N) is 2. The van der Waals surface area contributed by atoms with Gasteiger partial charge in [-0.15, -0.1) is 0 Å². The van der Waals surface area contributed by atoms with Crippen molar-refractivity contribution >= 4 is 11.8 Å². The number of hydrogen-bond acceptors (Lipinski definition) is 3. The second kappa shape index (κ2) is 5.73. The molecule has 1 fully saturated rings. The third kappa shape index (κ3) is 3.01. The number of nitrogens with one attached hydrogen (secondary N) is 1. The Bertz CT molecular complexity index is 324. The molecule has 0 radical (unpaired) electrons. The quantitative estimate of drug-likeness (QED) is 0.853. The van der Waals surface area contributed by atoms with Gasteiger partial charge in [0.2, 0.25) is 0 Å². The Morgan fingerprint density at radius 1 is 1.56 bits per heavy atom. The zero-order chi connectivity index (χ0) is 11.4. The molecule has 0 bridgehead atoms. The number of thioether (sulfide) groups is 1. The molecule has 3 nitrogen and oxygen atoms in total. The summed E-state index contributed by atoms with van der Waals surface area (Å²) in [4.78, 5) is 4.22. The van der Waals surface area contributed by atoms with E-state index in [4.69, 9.17) is 0 Å². The van der Waals surface area contributed by atoms with Gasteiger partial charge in [-0.05, 0) is 32.4 Å². The Labute approximate surface area is 102 Å². The molecule has 2 unspecified atom stereocenters. The summed E-state index contributed by atoms with van der Waals surface area (Å²) in [6, 6.07) is 0.737. The van der Waals surface area contributed by atoms with E-state index >= 15 is 0 Å². The number of hydrogen-bond donors (Lipinski definition) is 1. The molecular formula is C12H21N3S. The first-order valence-corrected chi connectivity index (χ1v) is 7.32. The summed E-state index contributed by atoms with van der Waals surface area (Å²) in [5.41, 5.74) is 0. The molecule has 1 N–H and O–H groups in total. The maximum Gasteiger partial charge on any atom is 0.105 e. The van der Waals surface area contributed by atoms with Crippen LogP contribution in [0.2, 0.25) is 0 Å². The van der Waals surface area contributed by atoms with Crippen LogP contribution in [-0.2, 0) is 6.54 Å². The highest BCUT2D eigenvalue weighted by atomic mass is 32.2. The van der Waals surface area contributed by atoms with Crippen molar-refractivity contribution in [2.24, 2.45) is 0 Å². The fourth-order valence-electron chi connectivity index (χ4n) is 2.37. The van der Waals surface area contributed by atoms with Crippen molar-refractivity contribution in [1.29, 1.82) is 0 Å². The van der Waals surface area contributed by atoms with Gasteiger partial charge in [0.05, 0.1) is 0 Å². The van der Waals surface area contributed by atoms with Crippen LogP contribution in [0.15, 0.2) is 12.4 Å². The lowest BCUT2D eigenvalue weighted by Gasteiger charge is -2.13. The van der Waals surface area contributed by atoms with Gasteiger partial charge in [-0.25, -0.2) is 4.98 Å². The molecule has 2 atom stereocenters. The van der Waals surface area contributed by atoms with E-state index in [1.54, 1.807) is 0 Å². The van der Waals surface area contributed by atoms with Gasteiger partial charge in [0, 0.05) is 36.8 Å². The summed E-state index contributed by atoms with van der Waals surface area (Å²) in [5, 5.41) is 4.53. The monoisotopic (exact) mass is 239 g/mol. The van der Waals surface area contributed by atoms with Crippen LogP contribution >= 0.6 is 11.8 Å². The van der Waals surface area contributed by atoms with E-state index in [-0.39, 0.29) is 0 Å². The molecule has 1 saturated carbocycles. The fraction of sp³-hybridized carbons (Fsp3) is 0.750. The Morgan fingerprint density at radius 3 is 3.06 bits per heavy atom. The molecule has 4 heteroatoms. The maximum atomic E-state index is 4.22. The summed E-state index contributed by atoms with van der Waals surface area (Å²) in [7, 11) is 0. The second-order valence-corrected chi connectivity index (χ2v) is 5.63. The zero-order valence-electron chi connectivity index (χ0n) is 10.1. The average Bonchev–Trinajstić information content (AvgIpc) is 2.89. The van der Waals surface area contributed by atoms with E-state index in [1.807, 2.05) is 18.0 Å². The molecule has 0 spiro atoms. The second-order valence-electron chi connectivity index (χ2n) is 4.49. The van der Waals surface area contributed by atoms with Crippen molar-refractivity contribution < 1.29 is 0 Å². The average molecular weight is 239 g/mol. The van der Waals surface area contributed by atoms with Crippen LogP contribution in [0.25, 0.3) is 0 Å². The van der Waals surface area contributed by atoms with E-state index in [0.717, 1.165) is 30.2 Å². The fourth-order valence-corrected chi connectivity index (χ4v) is 3.17. The Kier molecular flexibility index (Phi) is 4.29. The summed E-state index contributed by atoms with van der Waals surface area (Å²) >= 11 is 2.01. The first kappa shape index (κ1) is 12.0. The molecule has 1 aliphatic carbocycles. The van der Waals surface area contributed by atoms with E-state index in [9.17, 15) is 0 Å². The van der Waals surface area contributed by atoms with Crippen LogP contribution in [0.3, 0.4) is 0 Å². The lowest BCUT2D eigenvalue weighted by molar-refractivity contribution is 0.494. The topological polar surface area (TPSA) is 29.9 Å². The van der Waals surface area contributed by atoms with Crippen molar-refractivity contribution in [1.82, 2.24) is 14.9 Å². The van der Waals surface area contributed by atoms with Gasteiger partial charge in [-0.2, -0.15) is 11.8 Å². The van der Waals surface area contributed by atoms with E-state index < -0.39 is 0 Å². The normalized spacial score (nSPS) is 25.1. The minimum atomic E-state index is 0.737. The van der Waals surface area contributed by atoms with Crippen LogP contribution < -0.4 is 5.32 Å². The number of imidazole rings is 1. The predicted molar refractivity (Wildman–Crippen MR) is 69.9 cm³/mol. The standard InChI is InChI=1S/C12H21N3S/c1-10-13-5-7-15(10)8-6-14-11-3-4-12(9-11)16-2/h5,7,11-12,14H,3-4,6,8-9H2,1-2H3. The minimum absolute atomic E-state index is 0.737. The Morgan fingerprint density at radius 2 is 2.44 bits per heavy atom. The molecule has 1 aromatic rings. The number of aryl methyl sites for hydroxylation is 1. The first-order chi connectivity index (χ1) is 7.79. The van der Waals surface area contributed by atoms with Crippen LogP contribution in [0.5, 0.6) is 0 Å². The lowest BCUT2D eigenvalue weighted by atomic mass is 10.2. The van der Waals surface area contributed by atoms with Crippen LogP contribution in [-0.4, -0.2) is 33.6 Å². The van der Waals surface area contributed by atoms with E-state index in [0.29, 0.717) is 0 Å². The van der Waals surface area contributed by atoms with Crippen molar-refractivity contribution in [2.45, 2.75) is 44.0 Å². The first-order valence-electron chi connectivity index (χ1n) is 6.03. The molecule has 0 aromatic carbocycles. The van der Waals surface area contributed by atoms with Crippen molar-refractivity contribution in [3.8, 4) is 0 Å². The molecule has 1 heterocycles. The minimum Gasteiger partial charge on any atom is -0.334 e. The van der Waals surface area contributed by atoms with Gasteiger partial charge >= 0.3 is 0 Å². The Balaban J connectivity index is 1.67. The van der Waals surface area contributed by atoms with Gasteiger partial charge in [0.1, 0.15) is 5.82 Å². The summed E-state index contributed by atoms with van der Waals surface area (Å²) in [5.74, 6) is 1.11. The summed E-state index contributed by atoms with van der Waals surface area (Å²) < 4.78 is 2.20.